The molecule has 0 saturated heterocycles. The molecule has 0 saturated carbocycles. The lowest BCUT2D eigenvalue weighted by molar-refractivity contribution is 0.281. The first-order valence-electron chi connectivity index (χ1n) is 6.22. The average molecular weight is 258 g/mol. The maximum Gasteiger partial charge on any atom is 0.225 e. The van der Waals surface area contributed by atoms with Crippen LogP contribution in [0.15, 0.2) is 36.4 Å². The van der Waals surface area contributed by atoms with E-state index < -0.39 is 0 Å². The molecular formula is C14H18N4O. The summed E-state index contributed by atoms with van der Waals surface area (Å²) in [7, 11) is 1.82. The quantitative estimate of drug-likeness (QED) is 0.765. The second-order valence-corrected chi connectivity index (χ2v) is 4.31. The fraction of sp³-hybridized carbons (Fsp3) is 0.286. The molecule has 0 unspecified atom stereocenters. The molecule has 100 valence electrons. The third-order valence-corrected chi connectivity index (χ3v) is 2.70. The molecule has 5 heteroatoms. The van der Waals surface area contributed by atoms with Crippen LogP contribution >= 0.6 is 0 Å². The van der Waals surface area contributed by atoms with Crippen LogP contribution in [0.1, 0.15) is 6.92 Å². The molecule has 5 nitrogen and oxygen atoms in total. The number of aliphatic hydroxyl groups is 1. The summed E-state index contributed by atoms with van der Waals surface area (Å²) in [6.07, 6.45) is 0. The molecule has 1 aromatic heterocycles. The van der Waals surface area contributed by atoms with Crippen LogP contribution in [-0.2, 0) is 0 Å². The Labute approximate surface area is 112 Å². The Balaban J connectivity index is 2.36. The largest absolute Gasteiger partial charge is 0.394 e. The van der Waals surface area contributed by atoms with Crippen LogP contribution in [0.5, 0.6) is 0 Å². The van der Waals surface area contributed by atoms with E-state index in [-0.39, 0.29) is 12.6 Å². The summed E-state index contributed by atoms with van der Waals surface area (Å²) in [6, 6.07) is 11.7. The van der Waals surface area contributed by atoms with Crippen molar-refractivity contribution in [3.8, 4) is 11.3 Å². The summed E-state index contributed by atoms with van der Waals surface area (Å²) in [5.41, 5.74) is 1.87. The van der Waals surface area contributed by atoms with Crippen molar-refractivity contribution in [1.29, 1.82) is 0 Å². The van der Waals surface area contributed by atoms with Gasteiger partial charge < -0.3 is 15.7 Å². The molecule has 0 fully saturated rings. The molecule has 0 aliphatic rings. The third kappa shape index (κ3) is 3.42. The van der Waals surface area contributed by atoms with Crippen LogP contribution in [0.2, 0.25) is 0 Å². The molecule has 0 aliphatic heterocycles. The standard InChI is InChI=1S/C14H18N4O/c1-10(9-19)16-14-17-12(8-13(15-2)18-14)11-6-4-3-5-7-11/h3-8,10,19H,9H2,1-2H3,(H2,15,16,17,18)/t10-/m1/s1. The Kier molecular flexibility index (Phi) is 4.30. The number of benzene rings is 1. The highest BCUT2D eigenvalue weighted by molar-refractivity contribution is 5.64. The van der Waals surface area contributed by atoms with Gasteiger partial charge in [-0.15, -0.1) is 0 Å². The van der Waals surface area contributed by atoms with Crippen LogP contribution in [0.4, 0.5) is 11.8 Å². The molecule has 0 aliphatic carbocycles. The van der Waals surface area contributed by atoms with E-state index in [2.05, 4.69) is 20.6 Å². The molecular weight excluding hydrogens is 240 g/mol. The first-order chi connectivity index (χ1) is 9.22. The fourth-order valence-corrected chi connectivity index (χ4v) is 1.66. The van der Waals surface area contributed by atoms with Gasteiger partial charge in [0.05, 0.1) is 12.3 Å². The zero-order valence-corrected chi connectivity index (χ0v) is 11.1. The van der Waals surface area contributed by atoms with Gasteiger partial charge in [0.15, 0.2) is 0 Å². The minimum absolute atomic E-state index is 0.0355. The highest BCUT2D eigenvalue weighted by Gasteiger charge is 2.08. The molecule has 1 aromatic carbocycles. The Hall–Kier alpha value is -2.14. The van der Waals surface area contributed by atoms with E-state index >= 15 is 0 Å². The van der Waals surface area contributed by atoms with E-state index in [0.717, 1.165) is 17.1 Å². The van der Waals surface area contributed by atoms with Crippen LogP contribution < -0.4 is 10.6 Å². The fourth-order valence-electron chi connectivity index (χ4n) is 1.66. The van der Waals surface area contributed by atoms with Crippen molar-refractivity contribution in [2.75, 3.05) is 24.3 Å². The van der Waals surface area contributed by atoms with Gasteiger partial charge >= 0.3 is 0 Å². The highest BCUT2D eigenvalue weighted by atomic mass is 16.3. The number of hydrogen-bond donors (Lipinski definition) is 3. The van der Waals surface area contributed by atoms with Crippen LogP contribution in [0.25, 0.3) is 11.3 Å². The molecule has 3 N–H and O–H groups in total. The molecule has 2 rings (SSSR count). The molecule has 0 radical (unpaired) electrons. The zero-order chi connectivity index (χ0) is 13.7. The van der Waals surface area contributed by atoms with Crippen LogP contribution in [0.3, 0.4) is 0 Å². The van der Waals surface area contributed by atoms with Gasteiger partial charge in [-0.05, 0) is 6.92 Å². The minimum Gasteiger partial charge on any atom is -0.394 e. The van der Waals surface area contributed by atoms with Crippen molar-refractivity contribution in [2.24, 2.45) is 0 Å². The van der Waals surface area contributed by atoms with Gasteiger partial charge in [-0.3, -0.25) is 0 Å². The van der Waals surface area contributed by atoms with Gasteiger partial charge in [-0.1, -0.05) is 30.3 Å². The lowest BCUT2D eigenvalue weighted by Crippen LogP contribution is -2.21. The molecule has 1 heterocycles. The number of hydrogen-bond acceptors (Lipinski definition) is 5. The Morgan fingerprint density at radius 3 is 2.58 bits per heavy atom. The van der Waals surface area contributed by atoms with Gasteiger partial charge in [0.1, 0.15) is 5.82 Å². The highest BCUT2D eigenvalue weighted by Crippen LogP contribution is 2.21. The number of aromatic nitrogens is 2. The van der Waals surface area contributed by atoms with Crippen LogP contribution in [-0.4, -0.2) is 34.8 Å². The van der Waals surface area contributed by atoms with Gasteiger partial charge in [0, 0.05) is 24.7 Å². The van der Waals surface area contributed by atoms with E-state index in [1.54, 1.807) is 0 Å². The predicted octanol–water partition coefficient (Wildman–Crippen LogP) is 1.98. The Bertz CT molecular complexity index is 530. The van der Waals surface area contributed by atoms with Crippen molar-refractivity contribution in [1.82, 2.24) is 9.97 Å². The molecule has 19 heavy (non-hydrogen) atoms. The molecule has 1 atom stereocenters. The summed E-state index contributed by atoms with van der Waals surface area (Å²) in [6.45, 7) is 1.91. The van der Waals surface area contributed by atoms with E-state index in [4.69, 9.17) is 5.11 Å². The number of nitrogens with one attached hydrogen (secondary N) is 2. The van der Waals surface area contributed by atoms with Crippen molar-refractivity contribution >= 4 is 11.8 Å². The maximum absolute atomic E-state index is 9.08. The predicted molar refractivity (Wildman–Crippen MR) is 77.2 cm³/mol. The van der Waals surface area contributed by atoms with E-state index in [1.165, 1.54) is 0 Å². The lowest BCUT2D eigenvalue weighted by atomic mass is 10.1. The summed E-state index contributed by atoms with van der Waals surface area (Å²) >= 11 is 0. The number of nitrogens with zero attached hydrogens (tertiary/aromatic N) is 2. The normalized spacial score (nSPS) is 11.9. The van der Waals surface area contributed by atoms with Gasteiger partial charge in [0.25, 0.3) is 0 Å². The van der Waals surface area contributed by atoms with Crippen molar-refractivity contribution < 1.29 is 5.11 Å². The second kappa shape index (κ2) is 6.15. The van der Waals surface area contributed by atoms with E-state index in [0.29, 0.717) is 5.95 Å². The van der Waals surface area contributed by atoms with Gasteiger partial charge in [-0.25, -0.2) is 4.98 Å². The topological polar surface area (TPSA) is 70.1 Å². The third-order valence-electron chi connectivity index (χ3n) is 2.70. The average Bonchev–Trinajstić information content (AvgIpc) is 2.47. The molecule has 0 spiro atoms. The molecule has 0 amide bonds. The summed E-state index contributed by atoms with van der Waals surface area (Å²) in [4.78, 5) is 8.79. The lowest BCUT2D eigenvalue weighted by Gasteiger charge is -2.13. The van der Waals surface area contributed by atoms with Crippen molar-refractivity contribution in [3.05, 3.63) is 36.4 Å². The number of aliphatic hydroxyl groups excluding tert-OH is 1. The monoisotopic (exact) mass is 258 g/mol. The maximum atomic E-state index is 9.08. The van der Waals surface area contributed by atoms with Crippen LogP contribution in [0, 0.1) is 0 Å². The second-order valence-electron chi connectivity index (χ2n) is 4.31. The van der Waals surface area contributed by atoms with Gasteiger partial charge in [-0.2, -0.15) is 4.98 Å². The summed E-state index contributed by atoms with van der Waals surface area (Å²) in [5, 5.41) is 15.2. The van der Waals surface area contributed by atoms with E-state index in [9.17, 15) is 0 Å². The Morgan fingerprint density at radius 1 is 1.21 bits per heavy atom. The molecule has 2 aromatic rings. The summed E-state index contributed by atoms with van der Waals surface area (Å²) in [5.74, 6) is 1.24. The summed E-state index contributed by atoms with van der Waals surface area (Å²) < 4.78 is 0. The minimum atomic E-state index is -0.0873. The number of anilines is 2. The van der Waals surface area contributed by atoms with Gasteiger partial charge in [0.2, 0.25) is 5.95 Å². The first kappa shape index (κ1) is 13.3. The number of rotatable bonds is 5. The SMILES string of the molecule is CNc1cc(-c2ccccc2)nc(N[C@H](C)CO)n1. The Morgan fingerprint density at radius 2 is 1.95 bits per heavy atom. The smallest absolute Gasteiger partial charge is 0.225 e. The van der Waals surface area contributed by atoms with E-state index in [1.807, 2.05) is 50.4 Å². The van der Waals surface area contributed by atoms with Crippen molar-refractivity contribution in [3.63, 3.8) is 0 Å². The molecule has 0 bridgehead atoms. The first-order valence-corrected chi connectivity index (χ1v) is 6.22. The zero-order valence-electron chi connectivity index (χ0n) is 11.1. The van der Waals surface area contributed by atoms with Crippen molar-refractivity contribution in [2.45, 2.75) is 13.0 Å².